The first kappa shape index (κ1) is 15.4. The summed E-state index contributed by atoms with van der Waals surface area (Å²) in [4.78, 5) is 0. The van der Waals surface area contributed by atoms with Gasteiger partial charge in [-0.05, 0) is 12.3 Å². The highest BCUT2D eigenvalue weighted by Gasteiger charge is 2.20. The molecular formula is C12H26N2O2. The molecule has 0 saturated carbocycles. The molecule has 0 atom stereocenters. The van der Waals surface area contributed by atoms with E-state index < -0.39 is 0 Å². The van der Waals surface area contributed by atoms with Crippen LogP contribution in [0.3, 0.4) is 0 Å². The normalized spacial score (nSPS) is 12.1. The molecular weight excluding hydrogens is 204 g/mol. The average Bonchev–Trinajstić information content (AvgIpc) is 2.15. The molecule has 0 spiro atoms. The summed E-state index contributed by atoms with van der Waals surface area (Å²) in [5, 5.41) is 7.39. The SMILES string of the molecule is CC(C)COCCOCCC(C)(C)C(=N)N. The zero-order valence-corrected chi connectivity index (χ0v) is 11.0. The predicted octanol–water partition coefficient (Wildman–Crippen LogP) is 2.03. The van der Waals surface area contributed by atoms with Gasteiger partial charge >= 0.3 is 0 Å². The van der Waals surface area contributed by atoms with Crippen molar-refractivity contribution in [1.29, 1.82) is 5.41 Å². The monoisotopic (exact) mass is 230 g/mol. The molecule has 0 aliphatic carbocycles. The Labute approximate surface area is 99.0 Å². The van der Waals surface area contributed by atoms with Gasteiger partial charge < -0.3 is 15.2 Å². The van der Waals surface area contributed by atoms with Crippen molar-refractivity contribution >= 4 is 5.84 Å². The summed E-state index contributed by atoms with van der Waals surface area (Å²) in [6, 6.07) is 0. The molecule has 0 aromatic rings. The van der Waals surface area contributed by atoms with E-state index in [1.807, 2.05) is 13.8 Å². The van der Waals surface area contributed by atoms with Crippen molar-refractivity contribution < 1.29 is 9.47 Å². The fraction of sp³-hybridized carbons (Fsp3) is 0.917. The van der Waals surface area contributed by atoms with Crippen molar-refractivity contribution in [3.63, 3.8) is 0 Å². The number of nitrogens with one attached hydrogen (secondary N) is 1. The van der Waals surface area contributed by atoms with E-state index in [1.165, 1.54) is 0 Å². The Morgan fingerprint density at radius 3 is 2.25 bits per heavy atom. The van der Waals surface area contributed by atoms with Gasteiger partial charge in [-0.2, -0.15) is 0 Å². The minimum Gasteiger partial charge on any atom is -0.387 e. The van der Waals surface area contributed by atoms with Crippen LogP contribution in [0.25, 0.3) is 0 Å². The molecule has 4 nitrogen and oxygen atoms in total. The molecule has 0 bridgehead atoms. The third-order valence-corrected chi connectivity index (χ3v) is 2.42. The van der Waals surface area contributed by atoms with E-state index in [9.17, 15) is 0 Å². The van der Waals surface area contributed by atoms with Crippen LogP contribution in [0.1, 0.15) is 34.1 Å². The third kappa shape index (κ3) is 7.65. The number of hydrogen-bond acceptors (Lipinski definition) is 3. The largest absolute Gasteiger partial charge is 0.387 e. The van der Waals surface area contributed by atoms with Crippen LogP contribution in [0.4, 0.5) is 0 Å². The zero-order chi connectivity index (χ0) is 12.6. The van der Waals surface area contributed by atoms with E-state index >= 15 is 0 Å². The molecule has 0 radical (unpaired) electrons. The first-order valence-electron chi connectivity index (χ1n) is 5.86. The number of rotatable bonds is 9. The molecule has 0 aliphatic rings. The Morgan fingerprint density at radius 1 is 1.19 bits per heavy atom. The molecule has 0 heterocycles. The Bertz CT molecular complexity index is 203. The summed E-state index contributed by atoms with van der Waals surface area (Å²) in [5.41, 5.74) is 5.20. The van der Waals surface area contributed by atoms with Crippen molar-refractivity contribution in [3.05, 3.63) is 0 Å². The lowest BCUT2D eigenvalue weighted by molar-refractivity contribution is 0.0325. The van der Waals surface area contributed by atoms with Gasteiger partial charge in [0.25, 0.3) is 0 Å². The fourth-order valence-corrected chi connectivity index (χ4v) is 1.00. The molecule has 3 N–H and O–H groups in total. The number of hydrogen-bond donors (Lipinski definition) is 2. The summed E-state index contributed by atoms with van der Waals surface area (Å²) in [6.07, 6.45) is 0.770. The fourth-order valence-electron chi connectivity index (χ4n) is 1.00. The van der Waals surface area contributed by atoms with Crippen LogP contribution in [0, 0.1) is 16.7 Å². The Balaban J connectivity index is 3.37. The second kappa shape index (κ2) is 7.63. The van der Waals surface area contributed by atoms with Gasteiger partial charge in [0.2, 0.25) is 0 Å². The highest BCUT2D eigenvalue weighted by atomic mass is 16.5. The van der Waals surface area contributed by atoms with Gasteiger partial charge in [0.1, 0.15) is 0 Å². The first-order chi connectivity index (χ1) is 7.36. The van der Waals surface area contributed by atoms with E-state index in [4.69, 9.17) is 20.6 Å². The van der Waals surface area contributed by atoms with E-state index in [2.05, 4.69) is 13.8 Å². The molecule has 16 heavy (non-hydrogen) atoms. The van der Waals surface area contributed by atoms with Crippen molar-refractivity contribution in [3.8, 4) is 0 Å². The van der Waals surface area contributed by atoms with E-state index in [0.29, 0.717) is 25.7 Å². The molecule has 4 heteroatoms. The average molecular weight is 230 g/mol. The van der Waals surface area contributed by atoms with Crippen molar-refractivity contribution in [2.24, 2.45) is 17.1 Å². The quantitative estimate of drug-likeness (QED) is 0.362. The van der Waals surface area contributed by atoms with Gasteiger partial charge in [0.15, 0.2) is 0 Å². The van der Waals surface area contributed by atoms with Crippen LogP contribution in [0.15, 0.2) is 0 Å². The number of amidine groups is 1. The second-order valence-electron chi connectivity index (χ2n) is 5.13. The zero-order valence-electron chi connectivity index (χ0n) is 11.0. The van der Waals surface area contributed by atoms with Gasteiger partial charge in [-0.25, -0.2) is 0 Å². The van der Waals surface area contributed by atoms with E-state index in [0.717, 1.165) is 13.0 Å². The summed E-state index contributed by atoms with van der Waals surface area (Å²) in [6.45, 7) is 10.8. The summed E-state index contributed by atoms with van der Waals surface area (Å²) in [7, 11) is 0. The van der Waals surface area contributed by atoms with Gasteiger partial charge in [-0.3, -0.25) is 5.41 Å². The second-order valence-corrected chi connectivity index (χ2v) is 5.13. The molecule has 0 aliphatic heterocycles. The van der Waals surface area contributed by atoms with Crippen LogP contribution < -0.4 is 5.73 Å². The van der Waals surface area contributed by atoms with Crippen molar-refractivity contribution in [2.75, 3.05) is 26.4 Å². The van der Waals surface area contributed by atoms with Gasteiger partial charge in [0.05, 0.1) is 19.0 Å². The van der Waals surface area contributed by atoms with Gasteiger partial charge in [0, 0.05) is 18.6 Å². The van der Waals surface area contributed by atoms with Gasteiger partial charge in [-0.15, -0.1) is 0 Å². The topological polar surface area (TPSA) is 68.3 Å². The van der Waals surface area contributed by atoms with Crippen LogP contribution in [0.5, 0.6) is 0 Å². The summed E-state index contributed by atoms with van der Waals surface area (Å²) >= 11 is 0. The summed E-state index contributed by atoms with van der Waals surface area (Å²) < 4.78 is 10.8. The Kier molecular flexibility index (Phi) is 7.34. The molecule has 0 aromatic heterocycles. The Hall–Kier alpha value is -0.610. The first-order valence-corrected chi connectivity index (χ1v) is 5.86. The third-order valence-electron chi connectivity index (χ3n) is 2.42. The Morgan fingerprint density at radius 2 is 1.75 bits per heavy atom. The standard InChI is InChI=1S/C12H26N2O2/c1-10(2)9-16-8-7-15-6-5-12(3,4)11(13)14/h10H,5-9H2,1-4H3,(H3,13,14). The maximum absolute atomic E-state index is 7.39. The molecule has 96 valence electrons. The van der Waals surface area contributed by atoms with Crippen molar-refractivity contribution in [1.82, 2.24) is 0 Å². The lowest BCUT2D eigenvalue weighted by Gasteiger charge is -2.22. The minimum absolute atomic E-state index is 0.215. The smallest absolute Gasteiger partial charge is 0.0963 e. The van der Waals surface area contributed by atoms with E-state index in [-0.39, 0.29) is 11.3 Å². The highest BCUT2D eigenvalue weighted by Crippen LogP contribution is 2.19. The molecule has 0 rings (SSSR count). The molecule has 0 aromatic carbocycles. The maximum atomic E-state index is 7.39. The molecule has 0 amide bonds. The molecule has 0 unspecified atom stereocenters. The van der Waals surface area contributed by atoms with Crippen LogP contribution in [0.2, 0.25) is 0 Å². The number of ether oxygens (including phenoxy) is 2. The van der Waals surface area contributed by atoms with Crippen LogP contribution in [-0.4, -0.2) is 32.3 Å². The highest BCUT2D eigenvalue weighted by molar-refractivity contribution is 5.82. The van der Waals surface area contributed by atoms with Gasteiger partial charge in [-0.1, -0.05) is 27.7 Å². The van der Waals surface area contributed by atoms with Crippen molar-refractivity contribution in [2.45, 2.75) is 34.1 Å². The lowest BCUT2D eigenvalue weighted by Crippen LogP contribution is -2.32. The predicted molar refractivity (Wildman–Crippen MR) is 66.8 cm³/mol. The van der Waals surface area contributed by atoms with E-state index in [1.54, 1.807) is 0 Å². The van der Waals surface area contributed by atoms with Crippen LogP contribution >= 0.6 is 0 Å². The maximum Gasteiger partial charge on any atom is 0.0963 e. The summed E-state index contributed by atoms with van der Waals surface area (Å²) in [5.74, 6) is 0.781. The molecule has 0 fully saturated rings. The number of nitrogens with two attached hydrogens (primary N) is 1. The lowest BCUT2D eigenvalue weighted by atomic mass is 9.89. The van der Waals surface area contributed by atoms with Crippen LogP contribution in [-0.2, 0) is 9.47 Å². The minimum atomic E-state index is -0.265. The molecule has 0 saturated heterocycles.